The van der Waals surface area contributed by atoms with Crippen molar-refractivity contribution in [2.75, 3.05) is 26.2 Å². The number of benzene rings is 1. The average Bonchev–Trinajstić information content (AvgIpc) is 2.41. The zero-order chi connectivity index (χ0) is 16.3. The molecule has 1 aliphatic heterocycles. The molecule has 0 aromatic heterocycles. The summed E-state index contributed by atoms with van der Waals surface area (Å²) in [5.41, 5.74) is 0.436. The third-order valence-corrected chi connectivity index (χ3v) is 3.96. The van der Waals surface area contributed by atoms with E-state index in [0.29, 0.717) is 25.4 Å². The quantitative estimate of drug-likeness (QED) is 0.868. The fourth-order valence-electron chi connectivity index (χ4n) is 2.33. The van der Waals surface area contributed by atoms with Gasteiger partial charge >= 0.3 is 6.09 Å². The Bertz CT molecular complexity index is 535. The highest BCUT2D eigenvalue weighted by atomic mass is 79.9. The number of carbonyl (C=O) groups excluding carboxylic acids is 1. The van der Waals surface area contributed by atoms with E-state index in [2.05, 4.69) is 20.8 Å². The molecule has 6 heteroatoms. The summed E-state index contributed by atoms with van der Waals surface area (Å²) in [5, 5.41) is 9.95. The summed E-state index contributed by atoms with van der Waals surface area (Å²) in [6.45, 7) is 9.13. The van der Waals surface area contributed by atoms with Gasteiger partial charge in [0.05, 0.1) is 0 Å². The van der Waals surface area contributed by atoms with Crippen molar-refractivity contribution in [3.8, 4) is 5.75 Å². The first kappa shape index (κ1) is 17.1. The van der Waals surface area contributed by atoms with Crippen LogP contribution in [0.1, 0.15) is 26.3 Å². The van der Waals surface area contributed by atoms with Crippen LogP contribution in [-0.2, 0) is 11.3 Å². The molecule has 1 saturated heterocycles. The molecular weight excluding hydrogens is 348 g/mol. The Morgan fingerprint density at radius 3 is 2.45 bits per heavy atom. The van der Waals surface area contributed by atoms with Gasteiger partial charge in [-0.1, -0.05) is 22.0 Å². The molecule has 0 bridgehead atoms. The van der Waals surface area contributed by atoms with Crippen molar-refractivity contribution in [3.05, 3.63) is 28.2 Å². The van der Waals surface area contributed by atoms with E-state index in [-0.39, 0.29) is 6.09 Å². The largest absolute Gasteiger partial charge is 0.508 e. The summed E-state index contributed by atoms with van der Waals surface area (Å²) in [5.74, 6) is 0.295. The minimum atomic E-state index is -0.461. The fourth-order valence-corrected chi connectivity index (χ4v) is 2.68. The van der Waals surface area contributed by atoms with Crippen molar-refractivity contribution in [3.63, 3.8) is 0 Å². The van der Waals surface area contributed by atoms with E-state index in [1.165, 1.54) is 0 Å². The van der Waals surface area contributed by atoms with E-state index in [1.807, 2.05) is 32.9 Å². The molecule has 1 N–H and O–H groups in total. The van der Waals surface area contributed by atoms with Crippen LogP contribution in [0.4, 0.5) is 4.79 Å². The summed E-state index contributed by atoms with van der Waals surface area (Å²) in [7, 11) is 0. The van der Waals surface area contributed by atoms with Gasteiger partial charge in [-0.05, 0) is 32.9 Å². The number of aromatic hydroxyl groups is 1. The lowest BCUT2D eigenvalue weighted by atomic mass is 10.1. The van der Waals surface area contributed by atoms with Crippen LogP contribution in [0.15, 0.2) is 22.7 Å². The second kappa shape index (κ2) is 6.87. The molecule has 0 atom stereocenters. The van der Waals surface area contributed by atoms with E-state index in [9.17, 15) is 9.90 Å². The van der Waals surface area contributed by atoms with Crippen LogP contribution >= 0.6 is 15.9 Å². The van der Waals surface area contributed by atoms with Gasteiger partial charge in [-0.3, -0.25) is 4.90 Å². The lowest BCUT2D eigenvalue weighted by molar-refractivity contribution is 0.0138. The topological polar surface area (TPSA) is 53.0 Å². The number of ether oxygens (including phenoxy) is 1. The van der Waals surface area contributed by atoms with Gasteiger partial charge in [0.25, 0.3) is 0 Å². The van der Waals surface area contributed by atoms with Crippen molar-refractivity contribution in [1.82, 2.24) is 9.80 Å². The lowest BCUT2D eigenvalue weighted by Gasteiger charge is -2.35. The standard InChI is InChI=1S/C16H23BrN2O3/c1-16(2,3)22-15(21)19-8-6-18(7-9-19)11-12-4-5-13(17)10-14(12)20/h4-5,10,20H,6-9,11H2,1-3H3. The predicted octanol–water partition coefficient (Wildman–Crippen LogP) is 3.21. The number of phenols is 1. The van der Waals surface area contributed by atoms with Crippen molar-refractivity contribution < 1.29 is 14.6 Å². The number of amides is 1. The summed E-state index contributed by atoms with van der Waals surface area (Å²) < 4.78 is 6.25. The van der Waals surface area contributed by atoms with Crippen molar-refractivity contribution >= 4 is 22.0 Å². The molecule has 0 unspecified atom stereocenters. The van der Waals surface area contributed by atoms with Gasteiger partial charge in [-0.2, -0.15) is 0 Å². The Balaban J connectivity index is 1.86. The van der Waals surface area contributed by atoms with Gasteiger partial charge in [0.15, 0.2) is 0 Å². The van der Waals surface area contributed by atoms with E-state index >= 15 is 0 Å². The molecule has 1 fully saturated rings. The first-order chi connectivity index (χ1) is 10.2. The Labute approximate surface area is 140 Å². The minimum Gasteiger partial charge on any atom is -0.508 e. The van der Waals surface area contributed by atoms with Gasteiger partial charge in [-0.25, -0.2) is 4.79 Å². The lowest BCUT2D eigenvalue weighted by Crippen LogP contribution is -2.49. The highest BCUT2D eigenvalue weighted by Crippen LogP contribution is 2.24. The molecule has 0 aliphatic carbocycles. The zero-order valence-electron chi connectivity index (χ0n) is 13.3. The van der Waals surface area contributed by atoms with E-state index in [1.54, 1.807) is 11.0 Å². The number of carbonyl (C=O) groups is 1. The molecule has 0 spiro atoms. The highest BCUT2D eigenvalue weighted by molar-refractivity contribution is 9.10. The first-order valence-electron chi connectivity index (χ1n) is 7.42. The van der Waals surface area contributed by atoms with Gasteiger partial charge in [-0.15, -0.1) is 0 Å². The summed E-state index contributed by atoms with van der Waals surface area (Å²) in [6.07, 6.45) is -0.251. The molecule has 5 nitrogen and oxygen atoms in total. The van der Waals surface area contributed by atoms with Crippen molar-refractivity contribution in [1.29, 1.82) is 0 Å². The maximum absolute atomic E-state index is 12.0. The van der Waals surface area contributed by atoms with E-state index in [4.69, 9.17) is 4.74 Å². The average molecular weight is 371 g/mol. The van der Waals surface area contributed by atoms with Crippen LogP contribution in [-0.4, -0.2) is 52.8 Å². The normalized spacial score (nSPS) is 16.6. The van der Waals surface area contributed by atoms with Gasteiger partial charge in [0.2, 0.25) is 0 Å². The van der Waals surface area contributed by atoms with E-state index < -0.39 is 5.60 Å². The van der Waals surface area contributed by atoms with Crippen LogP contribution in [0, 0.1) is 0 Å². The van der Waals surface area contributed by atoms with Crippen molar-refractivity contribution in [2.24, 2.45) is 0 Å². The molecular formula is C16H23BrN2O3. The second-order valence-electron chi connectivity index (χ2n) is 6.52. The smallest absolute Gasteiger partial charge is 0.410 e. The highest BCUT2D eigenvalue weighted by Gasteiger charge is 2.26. The van der Waals surface area contributed by atoms with Crippen LogP contribution < -0.4 is 0 Å². The summed E-state index contributed by atoms with van der Waals surface area (Å²) in [6, 6.07) is 5.54. The Hall–Kier alpha value is -1.27. The van der Waals surface area contributed by atoms with Crippen LogP contribution in [0.3, 0.4) is 0 Å². The Morgan fingerprint density at radius 1 is 1.27 bits per heavy atom. The molecule has 0 radical (unpaired) electrons. The minimum absolute atomic E-state index is 0.251. The number of halogens is 1. The van der Waals surface area contributed by atoms with Crippen LogP contribution in [0.25, 0.3) is 0 Å². The van der Waals surface area contributed by atoms with Crippen LogP contribution in [0.5, 0.6) is 5.75 Å². The number of hydrogen-bond donors (Lipinski definition) is 1. The summed E-state index contributed by atoms with van der Waals surface area (Å²) >= 11 is 3.34. The number of phenolic OH excluding ortho intramolecular Hbond substituents is 1. The molecule has 2 rings (SSSR count). The third kappa shape index (κ3) is 4.88. The monoisotopic (exact) mass is 370 g/mol. The number of nitrogens with zero attached hydrogens (tertiary/aromatic N) is 2. The molecule has 1 amide bonds. The number of rotatable bonds is 2. The maximum Gasteiger partial charge on any atom is 0.410 e. The number of piperazine rings is 1. The van der Waals surface area contributed by atoms with Gasteiger partial charge in [0.1, 0.15) is 11.4 Å². The van der Waals surface area contributed by atoms with E-state index in [0.717, 1.165) is 23.1 Å². The first-order valence-corrected chi connectivity index (χ1v) is 8.21. The van der Waals surface area contributed by atoms with Gasteiger partial charge in [0, 0.05) is 42.8 Å². The van der Waals surface area contributed by atoms with Crippen LogP contribution in [0.2, 0.25) is 0 Å². The Morgan fingerprint density at radius 2 is 1.91 bits per heavy atom. The molecule has 122 valence electrons. The molecule has 1 aromatic rings. The SMILES string of the molecule is CC(C)(C)OC(=O)N1CCN(Cc2ccc(Br)cc2O)CC1. The summed E-state index contributed by atoms with van der Waals surface area (Å²) in [4.78, 5) is 16.0. The molecule has 1 aliphatic rings. The zero-order valence-corrected chi connectivity index (χ0v) is 14.9. The number of hydrogen-bond acceptors (Lipinski definition) is 4. The fraction of sp³-hybridized carbons (Fsp3) is 0.562. The molecule has 22 heavy (non-hydrogen) atoms. The molecule has 1 aromatic carbocycles. The maximum atomic E-state index is 12.0. The van der Waals surface area contributed by atoms with Gasteiger partial charge < -0.3 is 14.7 Å². The Kier molecular flexibility index (Phi) is 5.34. The third-order valence-electron chi connectivity index (χ3n) is 3.47. The molecule has 1 heterocycles. The second-order valence-corrected chi connectivity index (χ2v) is 7.43. The van der Waals surface area contributed by atoms with Crippen molar-refractivity contribution in [2.45, 2.75) is 32.9 Å². The molecule has 0 saturated carbocycles. The predicted molar refractivity (Wildman–Crippen MR) is 88.9 cm³/mol.